The van der Waals surface area contributed by atoms with Gasteiger partial charge in [-0.1, -0.05) is 12.1 Å². The predicted molar refractivity (Wildman–Crippen MR) is 157 cm³/mol. The first-order valence-electron chi connectivity index (χ1n) is 13.3. The molecule has 2 aromatic heterocycles. The van der Waals surface area contributed by atoms with Gasteiger partial charge in [0.2, 0.25) is 5.91 Å². The van der Waals surface area contributed by atoms with Gasteiger partial charge in [-0.25, -0.2) is 0 Å². The molecule has 0 spiro atoms. The first-order chi connectivity index (χ1) is 19.7. The summed E-state index contributed by atoms with van der Waals surface area (Å²) in [7, 11) is 2.01. The molecule has 1 fully saturated rings. The molecule has 0 unspecified atom stereocenters. The van der Waals surface area contributed by atoms with Crippen LogP contribution in [-0.4, -0.2) is 69.9 Å². The van der Waals surface area contributed by atoms with Gasteiger partial charge in [0.25, 0.3) is 0 Å². The van der Waals surface area contributed by atoms with Crippen LogP contribution in [0.3, 0.4) is 0 Å². The lowest BCUT2D eigenvalue weighted by atomic mass is 10.0. The fourth-order valence-corrected chi connectivity index (χ4v) is 5.56. The number of carbonyl (C=O) groups is 1. The summed E-state index contributed by atoms with van der Waals surface area (Å²) in [6.45, 7) is 3.34. The molecular weight excluding hydrogens is 549 g/mol. The van der Waals surface area contributed by atoms with E-state index in [1.165, 1.54) is 17.8 Å². The van der Waals surface area contributed by atoms with Gasteiger partial charge in [-0.2, -0.15) is 18.3 Å². The Hall–Kier alpha value is -3.67. The van der Waals surface area contributed by atoms with Crippen molar-refractivity contribution in [3.8, 4) is 0 Å². The Morgan fingerprint density at radius 3 is 2.59 bits per heavy atom. The summed E-state index contributed by atoms with van der Waals surface area (Å²) in [5.41, 5.74) is 2.40. The summed E-state index contributed by atoms with van der Waals surface area (Å²) in [6.07, 6.45) is 3.04. The highest BCUT2D eigenvalue weighted by molar-refractivity contribution is 7.99. The van der Waals surface area contributed by atoms with Crippen LogP contribution >= 0.6 is 11.8 Å². The fourth-order valence-electron chi connectivity index (χ4n) is 4.67. The molecule has 4 aromatic rings. The van der Waals surface area contributed by atoms with Crippen LogP contribution in [-0.2, 0) is 17.5 Å². The van der Waals surface area contributed by atoms with Crippen LogP contribution in [0.2, 0.25) is 0 Å². The van der Waals surface area contributed by atoms with Crippen molar-refractivity contribution < 1.29 is 18.0 Å². The number of fused-ring (bicyclic) bond motifs is 1. The number of halogens is 3. The monoisotopic (exact) mass is 580 g/mol. The Bertz CT molecular complexity index is 1510. The van der Waals surface area contributed by atoms with Gasteiger partial charge < -0.3 is 10.2 Å². The van der Waals surface area contributed by atoms with Crippen molar-refractivity contribution in [3.63, 3.8) is 0 Å². The Balaban J connectivity index is 1.15. The van der Waals surface area contributed by atoms with Crippen LogP contribution in [0.4, 0.5) is 18.9 Å². The molecule has 214 valence electrons. The molecule has 2 N–H and O–H groups in total. The number of carbonyl (C=O) groups excluding carboxylic acids is 1. The largest absolute Gasteiger partial charge is 0.416 e. The Morgan fingerprint density at radius 1 is 1.05 bits per heavy atom. The second kappa shape index (κ2) is 12.9. The number of rotatable bonds is 9. The van der Waals surface area contributed by atoms with Gasteiger partial charge in [-0.05, 0) is 66.7 Å². The van der Waals surface area contributed by atoms with Gasteiger partial charge in [0, 0.05) is 73.3 Å². The maximum absolute atomic E-state index is 13.9. The number of alkyl halides is 3. The second-order valence-electron chi connectivity index (χ2n) is 10.0. The van der Waals surface area contributed by atoms with E-state index in [9.17, 15) is 18.0 Å². The number of pyridine rings is 1. The topological polar surface area (TPSA) is 77.2 Å². The number of amides is 1. The van der Waals surface area contributed by atoms with Crippen LogP contribution in [0.15, 0.2) is 65.8 Å². The molecule has 1 amide bonds. The maximum Gasteiger partial charge on any atom is 0.416 e. The molecule has 5 rings (SSSR count). The van der Waals surface area contributed by atoms with Crippen molar-refractivity contribution in [2.75, 3.05) is 44.3 Å². The van der Waals surface area contributed by atoms with Crippen molar-refractivity contribution in [1.82, 2.24) is 25.0 Å². The zero-order valence-corrected chi connectivity index (χ0v) is 23.4. The Morgan fingerprint density at radius 2 is 1.83 bits per heavy atom. The van der Waals surface area contributed by atoms with E-state index in [0.29, 0.717) is 5.75 Å². The third kappa shape index (κ3) is 7.75. The van der Waals surface area contributed by atoms with E-state index in [1.54, 1.807) is 18.5 Å². The maximum atomic E-state index is 13.9. The van der Waals surface area contributed by atoms with Gasteiger partial charge >= 0.3 is 6.18 Å². The lowest BCUT2D eigenvalue weighted by molar-refractivity contribution is -0.138. The molecule has 1 aliphatic heterocycles. The molecular formula is C30H31F3N6OS. The van der Waals surface area contributed by atoms with E-state index in [4.69, 9.17) is 0 Å². The van der Waals surface area contributed by atoms with Gasteiger partial charge in [-0.3, -0.25) is 19.8 Å². The number of H-pyrrole nitrogens is 1. The molecule has 0 radical (unpaired) electrons. The van der Waals surface area contributed by atoms with E-state index >= 15 is 0 Å². The predicted octanol–water partition coefficient (Wildman–Crippen LogP) is 6.02. The molecule has 7 nitrogen and oxygen atoms in total. The van der Waals surface area contributed by atoms with Crippen molar-refractivity contribution >= 4 is 46.4 Å². The number of nitrogens with one attached hydrogen (secondary N) is 2. The summed E-state index contributed by atoms with van der Waals surface area (Å²) >= 11 is 1.50. The Labute approximate surface area is 240 Å². The fraction of sp³-hybridized carbons (Fsp3) is 0.300. The third-order valence-corrected chi connectivity index (χ3v) is 7.99. The molecule has 11 heteroatoms. The first kappa shape index (κ1) is 28.8. The number of thioether (sulfide) groups is 1. The van der Waals surface area contributed by atoms with Crippen LogP contribution in [0.1, 0.15) is 28.8 Å². The average molecular weight is 581 g/mol. The summed E-state index contributed by atoms with van der Waals surface area (Å²) < 4.78 is 41.6. The number of piperazine rings is 1. The summed E-state index contributed by atoms with van der Waals surface area (Å²) in [5.74, 6) is 0.150. The number of nitrogens with zero attached hydrogens (tertiary/aromatic N) is 4. The number of benzene rings is 2. The zero-order chi connectivity index (χ0) is 28.8. The molecule has 0 aliphatic carbocycles. The molecule has 3 heterocycles. The van der Waals surface area contributed by atoms with E-state index in [1.807, 2.05) is 54.4 Å². The van der Waals surface area contributed by atoms with E-state index in [2.05, 4.69) is 25.4 Å². The minimum Gasteiger partial charge on any atom is -0.326 e. The highest BCUT2D eigenvalue weighted by Crippen LogP contribution is 2.35. The molecule has 2 aromatic carbocycles. The number of anilines is 1. The average Bonchev–Trinajstić information content (AvgIpc) is 3.36. The molecule has 0 atom stereocenters. The Kier molecular flexibility index (Phi) is 9.06. The zero-order valence-electron chi connectivity index (χ0n) is 22.6. The molecule has 0 bridgehead atoms. The lowest BCUT2D eigenvalue weighted by Crippen LogP contribution is -2.44. The summed E-state index contributed by atoms with van der Waals surface area (Å²) in [5, 5.41) is 11.0. The van der Waals surface area contributed by atoms with Crippen LogP contribution < -0.4 is 5.32 Å². The normalized spacial score (nSPS) is 15.1. The number of hydrogen-bond acceptors (Lipinski definition) is 6. The van der Waals surface area contributed by atoms with E-state index in [0.717, 1.165) is 59.3 Å². The molecule has 0 saturated carbocycles. The minimum absolute atomic E-state index is 0.153. The molecule has 1 saturated heterocycles. The van der Waals surface area contributed by atoms with Crippen molar-refractivity contribution in [3.05, 3.63) is 83.3 Å². The van der Waals surface area contributed by atoms with Gasteiger partial charge in [0.15, 0.2) is 0 Å². The molecule has 41 heavy (non-hydrogen) atoms. The third-order valence-electron chi connectivity index (χ3n) is 6.99. The van der Waals surface area contributed by atoms with Crippen molar-refractivity contribution in [2.24, 2.45) is 0 Å². The molecule has 1 aliphatic rings. The SMILES string of the molecule is CN1CCN(Cc2ccc(NC(=O)CCSc3ccc4c(/C=C/c5ccncc5)n[nH]c4c3)cc2C(F)(F)F)CC1. The minimum atomic E-state index is -4.50. The highest BCUT2D eigenvalue weighted by Gasteiger charge is 2.34. The van der Waals surface area contributed by atoms with Crippen LogP contribution in [0, 0.1) is 0 Å². The van der Waals surface area contributed by atoms with Crippen molar-refractivity contribution in [2.45, 2.75) is 24.0 Å². The van der Waals surface area contributed by atoms with Gasteiger partial charge in [0.1, 0.15) is 0 Å². The van der Waals surface area contributed by atoms with Gasteiger partial charge in [0.05, 0.1) is 16.8 Å². The highest BCUT2D eigenvalue weighted by atomic mass is 32.2. The second-order valence-corrected chi connectivity index (χ2v) is 11.2. The smallest absolute Gasteiger partial charge is 0.326 e. The van der Waals surface area contributed by atoms with Crippen molar-refractivity contribution in [1.29, 1.82) is 0 Å². The number of aromatic amines is 1. The number of aromatic nitrogens is 3. The van der Waals surface area contributed by atoms with E-state index in [-0.39, 0.29) is 30.1 Å². The summed E-state index contributed by atoms with van der Waals surface area (Å²) in [4.78, 5) is 21.7. The number of likely N-dealkylation sites (N-methyl/N-ethyl adjacent to an activating group) is 1. The quantitative estimate of drug-likeness (QED) is 0.236. The summed E-state index contributed by atoms with van der Waals surface area (Å²) in [6, 6.07) is 13.8. The lowest BCUT2D eigenvalue weighted by Gasteiger charge is -2.33. The van der Waals surface area contributed by atoms with Gasteiger partial charge in [-0.15, -0.1) is 11.8 Å². The van der Waals surface area contributed by atoms with Crippen LogP contribution in [0.5, 0.6) is 0 Å². The van der Waals surface area contributed by atoms with E-state index < -0.39 is 11.7 Å². The standard InChI is InChI=1S/C30H31F3N6OS/c1-38-13-15-39(16-14-38)20-22-3-4-23(18-26(22)30(31,32)33)35-29(40)10-17-41-24-5-6-25-27(36-37-28(25)19-24)7-2-21-8-11-34-12-9-21/h2-9,11-12,18-19H,10,13-17,20H2,1H3,(H,35,40)(H,36,37)/b7-2+. The first-order valence-corrected chi connectivity index (χ1v) is 14.3. The number of hydrogen-bond donors (Lipinski definition) is 2. The van der Waals surface area contributed by atoms with Crippen LogP contribution in [0.25, 0.3) is 23.1 Å².